The van der Waals surface area contributed by atoms with Crippen molar-refractivity contribution in [1.82, 2.24) is 9.80 Å². The second-order valence-corrected chi connectivity index (χ2v) is 5.84. The number of nitrogens with zero attached hydrogens (tertiary/aromatic N) is 2. The maximum absolute atomic E-state index is 5.37. The van der Waals surface area contributed by atoms with Crippen molar-refractivity contribution in [3.63, 3.8) is 0 Å². The molecule has 100 valence electrons. The summed E-state index contributed by atoms with van der Waals surface area (Å²) < 4.78 is 6.49. The van der Waals surface area contributed by atoms with Gasteiger partial charge in [0.25, 0.3) is 0 Å². The fourth-order valence-electron chi connectivity index (χ4n) is 2.32. The Balaban J connectivity index is 2.12. The summed E-state index contributed by atoms with van der Waals surface area (Å²) in [7, 11) is 5.97. The number of benzene rings is 1. The molecule has 2 rings (SSSR count). The largest absolute Gasteiger partial charge is 0.496 e. The number of methoxy groups -OCH3 is 1. The fraction of sp³-hybridized carbons (Fsp3) is 0.571. The minimum Gasteiger partial charge on any atom is -0.496 e. The van der Waals surface area contributed by atoms with Gasteiger partial charge in [-0.1, -0.05) is 6.07 Å². The van der Waals surface area contributed by atoms with Crippen LogP contribution in [0.3, 0.4) is 0 Å². The summed E-state index contributed by atoms with van der Waals surface area (Å²) in [5, 5.41) is 0. The minimum atomic E-state index is 0.934. The highest BCUT2D eigenvalue weighted by atomic mass is 79.9. The number of likely N-dealkylation sites (N-methyl/N-ethyl adjacent to an activating group) is 1. The third kappa shape index (κ3) is 3.05. The molecule has 0 aromatic heterocycles. The van der Waals surface area contributed by atoms with Crippen molar-refractivity contribution in [3.8, 4) is 5.75 Å². The average molecular weight is 313 g/mol. The highest BCUT2D eigenvalue weighted by molar-refractivity contribution is 9.10. The van der Waals surface area contributed by atoms with Crippen LogP contribution >= 0.6 is 15.9 Å². The Labute approximate surface area is 118 Å². The number of halogens is 1. The molecule has 0 aliphatic carbocycles. The van der Waals surface area contributed by atoms with E-state index in [9.17, 15) is 0 Å². The summed E-state index contributed by atoms with van der Waals surface area (Å²) in [6.45, 7) is 4.40. The Morgan fingerprint density at radius 1 is 1.39 bits per heavy atom. The first kappa shape index (κ1) is 13.8. The maximum Gasteiger partial charge on any atom is 0.133 e. The van der Waals surface area contributed by atoms with E-state index < -0.39 is 0 Å². The molecule has 0 fully saturated rings. The van der Waals surface area contributed by atoms with Crippen molar-refractivity contribution in [2.24, 2.45) is 0 Å². The molecule has 4 heteroatoms. The van der Waals surface area contributed by atoms with Gasteiger partial charge in [-0.05, 0) is 53.6 Å². The molecule has 3 nitrogen and oxygen atoms in total. The molecule has 0 radical (unpaired) electrons. The lowest BCUT2D eigenvalue weighted by Gasteiger charge is -2.30. The lowest BCUT2D eigenvalue weighted by Crippen LogP contribution is -2.36. The van der Waals surface area contributed by atoms with Crippen LogP contribution in [0.4, 0.5) is 0 Å². The highest BCUT2D eigenvalue weighted by Gasteiger charge is 2.20. The molecule has 0 saturated heterocycles. The summed E-state index contributed by atoms with van der Waals surface area (Å²) in [5.41, 5.74) is 2.84. The lowest BCUT2D eigenvalue weighted by molar-refractivity contribution is 0.224. The third-order valence-corrected chi connectivity index (χ3v) is 4.34. The Morgan fingerprint density at radius 3 is 2.83 bits per heavy atom. The molecular formula is C14H21BrN2O. The van der Waals surface area contributed by atoms with Crippen molar-refractivity contribution >= 4 is 15.9 Å². The normalized spacial score (nSPS) is 15.8. The van der Waals surface area contributed by atoms with Crippen molar-refractivity contribution in [3.05, 3.63) is 27.7 Å². The van der Waals surface area contributed by atoms with Gasteiger partial charge in [0, 0.05) is 26.2 Å². The van der Waals surface area contributed by atoms with Crippen molar-refractivity contribution in [2.75, 3.05) is 40.8 Å². The number of fused-ring (bicyclic) bond motifs is 1. The zero-order valence-electron chi connectivity index (χ0n) is 11.4. The van der Waals surface area contributed by atoms with E-state index in [4.69, 9.17) is 4.74 Å². The zero-order chi connectivity index (χ0) is 13.1. The quantitative estimate of drug-likeness (QED) is 0.849. The Hall–Kier alpha value is -0.580. The molecule has 0 spiro atoms. The van der Waals surface area contributed by atoms with E-state index in [1.807, 2.05) is 0 Å². The summed E-state index contributed by atoms with van der Waals surface area (Å²) in [5.74, 6) is 0.934. The molecule has 0 amide bonds. The second kappa shape index (κ2) is 6.04. The van der Waals surface area contributed by atoms with Crippen LogP contribution in [0.2, 0.25) is 0 Å². The van der Waals surface area contributed by atoms with E-state index in [1.165, 1.54) is 11.1 Å². The molecule has 1 aromatic carbocycles. The van der Waals surface area contributed by atoms with E-state index >= 15 is 0 Å². The smallest absolute Gasteiger partial charge is 0.133 e. The van der Waals surface area contributed by atoms with E-state index in [0.29, 0.717) is 0 Å². The first-order valence-corrected chi connectivity index (χ1v) is 7.12. The van der Waals surface area contributed by atoms with Gasteiger partial charge in [0.05, 0.1) is 11.6 Å². The number of hydrogen-bond acceptors (Lipinski definition) is 3. The maximum atomic E-state index is 5.37. The topological polar surface area (TPSA) is 15.7 Å². The molecule has 0 saturated carbocycles. The van der Waals surface area contributed by atoms with Crippen LogP contribution in [0, 0.1) is 0 Å². The molecular weight excluding hydrogens is 292 g/mol. The first-order valence-electron chi connectivity index (χ1n) is 6.33. The van der Waals surface area contributed by atoms with Crippen LogP contribution in [0.25, 0.3) is 0 Å². The van der Waals surface area contributed by atoms with Gasteiger partial charge in [0.1, 0.15) is 5.75 Å². The second-order valence-electron chi connectivity index (χ2n) is 5.05. The Morgan fingerprint density at radius 2 is 2.17 bits per heavy atom. The predicted molar refractivity (Wildman–Crippen MR) is 78.2 cm³/mol. The number of rotatable bonds is 4. The van der Waals surface area contributed by atoms with Crippen LogP contribution < -0.4 is 4.74 Å². The fourth-order valence-corrected chi connectivity index (χ4v) is 2.99. The minimum absolute atomic E-state index is 0.934. The van der Waals surface area contributed by atoms with E-state index in [2.05, 4.69) is 52.0 Å². The van der Waals surface area contributed by atoms with Gasteiger partial charge in [-0.3, -0.25) is 4.90 Å². The molecule has 18 heavy (non-hydrogen) atoms. The molecule has 0 bridgehead atoms. The van der Waals surface area contributed by atoms with Crippen LogP contribution in [0.1, 0.15) is 11.1 Å². The highest BCUT2D eigenvalue weighted by Crippen LogP contribution is 2.34. The molecule has 1 aliphatic heterocycles. The summed E-state index contributed by atoms with van der Waals surface area (Å²) in [4.78, 5) is 4.74. The first-order chi connectivity index (χ1) is 8.61. The van der Waals surface area contributed by atoms with Crippen molar-refractivity contribution < 1.29 is 4.74 Å². The number of hydrogen-bond donors (Lipinski definition) is 0. The van der Waals surface area contributed by atoms with Gasteiger partial charge in [-0.25, -0.2) is 0 Å². The third-order valence-electron chi connectivity index (χ3n) is 3.47. The summed E-state index contributed by atoms with van der Waals surface area (Å²) >= 11 is 3.67. The summed E-state index contributed by atoms with van der Waals surface area (Å²) in [6.07, 6.45) is 1.13. The van der Waals surface area contributed by atoms with Gasteiger partial charge >= 0.3 is 0 Å². The van der Waals surface area contributed by atoms with E-state index in [1.54, 1.807) is 7.11 Å². The molecule has 1 aliphatic rings. The van der Waals surface area contributed by atoms with Gasteiger partial charge in [0.2, 0.25) is 0 Å². The van der Waals surface area contributed by atoms with E-state index in [0.717, 1.165) is 42.8 Å². The van der Waals surface area contributed by atoms with Crippen molar-refractivity contribution in [1.29, 1.82) is 0 Å². The zero-order valence-corrected chi connectivity index (χ0v) is 13.0. The monoisotopic (exact) mass is 312 g/mol. The van der Waals surface area contributed by atoms with Gasteiger partial charge in [-0.15, -0.1) is 0 Å². The Kier molecular flexibility index (Phi) is 4.65. The van der Waals surface area contributed by atoms with E-state index in [-0.39, 0.29) is 0 Å². The molecule has 1 aromatic rings. The molecule has 0 N–H and O–H groups in total. The molecule has 0 atom stereocenters. The van der Waals surface area contributed by atoms with Gasteiger partial charge in [0.15, 0.2) is 0 Å². The van der Waals surface area contributed by atoms with Gasteiger partial charge < -0.3 is 9.64 Å². The van der Waals surface area contributed by atoms with Crippen LogP contribution in [-0.4, -0.2) is 50.6 Å². The lowest BCUT2D eigenvalue weighted by atomic mass is 9.99. The van der Waals surface area contributed by atoms with Crippen molar-refractivity contribution in [2.45, 2.75) is 13.0 Å². The van der Waals surface area contributed by atoms with Gasteiger partial charge in [-0.2, -0.15) is 0 Å². The van der Waals surface area contributed by atoms with Crippen LogP contribution in [0.5, 0.6) is 5.75 Å². The summed E-state index contributed by atoms with van der Waals surface area (Å²) in [6, 6.07) is 4.25. The average Bonchev–Trinajstić information content (AvgIpc) is 2.37. The SMILES string of the molecule is COc1ccc2c(c1Br)CN(CCN(C)C)CC2. The Bertz CT molecular complexity index is 421. The van der Waals surface area contributed by atoms with Crippen LogP contribution in [0.15, 0.2) is 16.6 Å². The number of ether oxygens (including phenoxy) is 1. The molecule has 0 unspecified atom stereocenters. The molecule has 1 heterocycles. The van der Waals surface area contributed by atoms with Crippen LogP contribution in [-0.2, 0) is 13.0 Å². The predicted octanol–water partition coefficient (Wildman–Crippen LogP) is 2.38. The standard InChI is InChI=1S/C14H21BrN2O/c1-16(2)8-9-17-7-6-11-4-5-13(18-3)14(15)12(11)10-17/h4-5H,6-10H2,1-3H3.